The topological polar surface area (TPSA) is 46.2 Å². The SMILES string of the molecule is Nc1cccc(CCCCCCO)c1. The van der Waals surface area contributed by atoms with Crippen molar-refractivity contribution in [2.75, 3.05) is 12.3 Å². The summed E-state index contributed by atoms with van der Waals surface area (Å²) >= 11 is 0. The van der Waals surface area contributed by atoms with E-state index in [2.05, 4.69) is 6.07 Å². The fourth-order valence-electron chi connectivity index (χ4n) is 1.54. The van der Waals surface area contributed by atoms with Crippen molar-refractivity contribution in [2.24, 2.45) is 0 Å². The van der Waals surface area contributed by atoms with E-state index in [-0.39, 0.29) is 0 Å². The number of aryl methyl sites for hydroxylation is 1. The van der Waals surface area contributed by atoms with Crippen molar-refractivity contribution in [1.29, 1.82) is 0 Å². The minimum Gasteiger partial charge on any atom is -0.399 e. The maximum Gasteiger partial charge on any atom is 0.0431 e. The van der Waals surface area contributed by atoms with Crippen LogP contribution in [0.15, 0.2) is 24.3 Å². The van der Waals surface area contributed by atoms with Crippen molar-refractivity contribution in [3.05, 3.63) is 29.8 Å². The minimum atomic E-state index is 0.318. The monoisotopic (exact) mass is 193 g/mol. The Balaban J connectivity index is 2.18. The van der Waals surface area contributed by atoms with E-state index in [1.807, 2.05) is 18.2 Å². The molecule has 0 spiro atoms. The Bertz CT molecular complexity index is 260. The predicted octanol–water partition coefficient (Wildman–Crippen LogP) is 2.36. The molecule has 3 N–H and O–H groups in total. The zero-order valence-corrected chi connectivity index (χ0v) is 8.58. The number of nitrogen functional groups attached to an aromatic ring is 1. The molecule has 14 heavy (non-hydrogen) atoms. The van der Waals surface area contributed by atoms with Gasteiger partial charge in [-0.25, -0.2) is 0 Å². The molecule has 0 amide bonds. The largest absolute Gasteiger partial charge is 0.399 e. The van der Waals surface area contributed by atoms with Crippen LogP contribution in [0.1, 0.15) is 31.2 Å². The molecule has 0 aliphatic heterocycles. The lowest BCUT2D eigenvalue weighted by Gasteiger charge is -2.02. The highest BCUT2D eigenvalue weighted by atomic mass is 16.2. The first-order valence-electron chi connectivity index (χ1n) is 5.28. The van der Waals surface area contributed by atoms with E-state index in [9.17, 15) is 0 Å². The first kappa shape index (κ1) is 11.1. The number of aliphatic hydroxyl groups excluding tert-OH is 1. The molecule has 1 aromatic rings. The maximum atomic E-state index is 8.60. The molecule has 0 atom stereocenters. The predicted molar refractivity (Wildman–Crippen MR) is 60.1 cm³/mol. The van der Waals surface area contributed by atoms with Crippen LogP contribution >= 0.6 is 0 Å². The summed E-state index contributed by atoms with van der Waals surface area (Å²) in [5, 5.41) is 8.60. The van der Waals surface area contributed by atoms with Crippen LogP contribution < -0.4 is 5.73 Å². The second-order valence-electron chi connectivity index (χ2n) is 3.63. The van der Waals surface area contributed by atoms with Crippen molar-refractivity contribution >= 4 is 5.69 Å². The van der Waals surface area contributed by atoms with Gasteiger partial charge in [0.1, 0.15) is 0 Å². The van der Waals surface area contributed by atoms with E-state index in [0.29, 0.717) is 6.61 Å². The van der Waals surface area contributed by atoms with Crippen LogP contribution in [0.5, 0.6) is 0 Å². The highest BCUT2D eigenvalue weighted by molar-refractivity contribution is 5.40. The summed E-state index contributed by atoms with van der Waals surface area (Å²) in [7, 11) is 0. The second kappa shape index (κ2) is 6.44. The number of anilines is 1. The summed E-state index contributed by atoms with van der Waals surface area (Å²) in [6, 6.07) is 8.06. The number of nitrogens with two attached hydrogens (primary N) is 1. The fourth-order valence-corrected chi connectivity index (χ4v) is 1.54. The number of rotatable bonds is 6. The number of hydrogen-bond acceptors (Lipinski definition) is 2. The molecular formula is C12H19NO. The molecule has 0 saturated carbocycles. The van der Waals surface area contributed by atoms with Gasteiger partial charge in [0.2, 0.25) is 0 Å². The standard InChI is InChI=1S/C12H19NO/c13-12-8-5-7-11(10-12)6-3-1-2-4-9-14/h5,7-8,10,14H,1-4,6,9,13H2. The van der Waals surface area contributed by atoms with Gasteiger partial charge in [0, 0.05) is 12.3 Å². The van der Waals surface area contributed by atoms with Crippen LogP contribution in [0.2, 0.25) is 0 Å². The zero-order valence-electron chi connectivity index (χ0n) is 8.58. The van der Waals surface area contributed by atoms with Crippen LogP contribution in [0.25, 0.3) is 0 Å². The van der Waals surface area contributed by atoms with E-state index < -0.39 is 0 Å². The van der Waals surface area contributed by atoms with Crippen LogP contribution in [-0.4, -0.2) is 11.7 Å². The number of aliphatic hydroxyl groups is 1. The molecule has 0 bridgehead atoms. The second-order valence-corrected chi connectivity index (χ2v) is 3.63. The molecule has 1 rings (SSSR count). The van der Waals surface area contributed by atoms with Crippen molar-refractivity contribution < 1.29 is 5.11 Å². The normalized spacial score (nSPS) is 10.4. The van der Waals surface area contributed by atoms with Crippen molar-refractivity contribution in [1.82, 2.24) is 0 Å². The zero-order chi connectivity index (χ0) is 10.2. The summed E-state index contributed by atoms with van der Waals surface area (Å²) in [4.78, 5) is 0. The van der Waals surface area contributed by atoms with E-state index >= 15 is 0 Å². The van der Waals surface area contributed by atoms with Gasteiger partial charge in [0.15, 0.2) is 0 Å². The molecule has 0 unspecified atom stereocenters. The average molecular weight is 193 g/mol. The molecule has 0 saturated heterocycles. The summed E-state index contributed by atoms with van der Waals surface area (Å²) in [6.07, 6.45) is 5.52. The van der Waals surface area contributed by atoms with Gasteiger partial charge in [-0.15, -0.1) is 0 Å². The molecule has 2 nitrogen and oxygen atoms in total. The summed E-state index contributed by atoms with van der Waals surface area (Å²) < 4.78 is 0. The Morgan fingerprint density at radius 1 is 1.07 bits per heavy atom. The molecule has 0 fully saturated rings. The molecular weight excluding hydrogens is 174 g/mol. The highest BCUT2D eigenvalue weighted by Gasteiger charge is 1.94. The van der Waals surface area contributed by atoms with Gasteiger partial charge in [-0.05, 0) is 37.0 Å². The van der Waals surface area contributed by atoms with Gasteiger partial charge in [0.25, 0.3) is 0 Å². The van der Waals surface area contributed by atoms with E-state index in [1.54, 1.807) is 0 Å². The van der Waals surface area contributed by atoms with Gasteiger partial charge in [-0.1, -0.05) is 25.0 Å². The van der Waals surface area contributed by atoms with Gasteiger partial charge >= 0.3 is 0 Å². The summed E-state index contributed by atoms with van der Waals surface area (Å²) in [5.74, 6) is 0. The van der Waals surface area contributed by atoms with Gasteiger partial charge in [-0.2, -0.15) is 0 Å². The van der Waals surface area contributed by atoms with Crippen LogP contribution in [0.3, 0.4) is 0 Å². The number of hydrogen-bond donors (Lipinski definition) is 2. The Labute approximate surface area is 85.8 Å². The molecule has 2 heteroatoms. The Hall–Kier alpha value is -1.02. The molecule has 0 radical (unpaired) electrons. The van der Waals surface area contributed by atoms with Crippen LogP contribution in [-0.2, 0) is 6.42 Å². The molecule has 0 aromatic heterocycles. The molecule has 78 valence electrons. The lowest BCUT2D eigenvalue weighted by atomic mass is 10.1. The van der Waals surface area contributed by atoms with Gasteiger partial charge in [-0.3, -0.25) is 0 Å². The molecule has 0 aliphatic carbocycles. The third-order valence-electron chi connectivity index (χ3n) is 2.32. The summed E-state index contributed by atoms with van der Waals surface area (Å²) in [6.45, 7) is 0.318. The van der Waals surface area contributed by atoms with Gasteiger partial charge in [0.05, 0.1) is 0 Å². The Kier molecular flexibility index (Phi) is 5.08. The van der Waals surface area contributed by atoms with Crippen molar-refractivity contribution in [2.45, 2.75) is 32.1 Å². The van der Waals surface area contributed by atoms with Gasteiger partial charge < -0.3 is 10.8 Å². The first-order chi connectivity index (χ1) is 6.83. The average Bonchev–Trinajstić information content (AvgIpc) is 2.18. The van der Waals surface area contributed by atoms with E-state index in [1.165, 1.54) is 18.4 Å². The van der Waals surface area contributed by atoms with Crippen molar-refractivity contribution in [3.8, 4) is 0 Å². The number of unbranched alkanes of at least 4 members (excludes halogenated alkanes) is 3. The van der Waals surface area contributed by atoms with Crippen molar-refractivity contribution in [3.63, 3.8) is 0 Å². The Morgan fingerprint density at radius 3 is 2.57 bits per heavy atom. The summed E-state index contributed by atoms with van der Waals surface area (Å²) in [5.41, 5.74) is 7.84. The quantitative estimate of drug-likeness (QED) is 0.538. The first-order valence-corrected chi connectivity index (χ1v) is 5.28. The fraction of sp³-hybridized carbons (Fsp3) is 0.500. The third-order valence-corrected chi connectivity index (χ3v) is 2.32. The lowest BCUT2D eigenvalue weighted by molar-refractivity contribution is 0.282. The Morgan fingerprint density at radius 2 is 1.86 bits per heavy atom. The minimum absolute atomic E-state index is 0.318. The van der Waals surface area contributed by atoms with E-state index in [0.717, 1.165) is 24.9 Å². The smallest absolute Gasteiger partial charge is 0.0431 e. The lowest BCUT2D eigenvalue weighted by Crippen LogP contribution is -1.90. The molecule has 1 aromatic carbocycles. The van der Waals surface area contributed by atoms with E-state index in [4.69, 9.17) is 10.8 Å². The number of benzene rings is 1. The van der Waals surface area contributed by atoms with Crippen LogP contribution in [0, 0.1) is 0 Å². The highest BCUT2D eigenvalue weighted by Crippen LogP contribution is 2.10. The maximum absolute atomic E-state index is 8.60. The third kappa shape index (κ3) is 4.28. The molecule has 0 heterocycles. The van der Waals surface area contributed by atoms with Crippen LogP contribution in [0.4, 0.5) is 5.69 Å². The molecule has 0 aliphatic rings.